The number of carboxylic acids is 1. The molecule has 2 rings (SSSR count). The van der Waals surface area contributed by atoms with E-state index in [9.17, 15) is 9.59 Å². The molecule has 0 amide bonds. The lowest BCUT2D eigenvalue weighted by Gasteiger charge is -2.22. The number of hydrogen-bond acceptors (Lipinski definition) is 4. The Hall–Kier alpha value is -2.04. The monoisotopic (exact) mass is 206 g/mol. The summed E-state index contributed by atoms with van der Waals surface area (Å²) in [5.41, 5.74) is 7.10. The Kier molecular flexibility index (Phi) is 2.07. The summed E-state index contributed by atoms with van der Waals surface area (Å²) < 4.78 is 0. The molecule has 0 aromatic heterocycles. The predicted octanol–water partition coefficient (Wildman–Crippen LogP) is 0.578. The van der Waals surface area contributed by atoms with Crippen molar-refractivity contribution < 1.29 is 14.7 Å². The third kappa shape index (κ3) is 1.52. The van der Waals surface area contributed by atoms with Crippen molar-refractivity contribution in [1.82, 2.24) is 0 Å². The van der Waals surface area contributed by atoms with E-state index in [1.807, 2.05) is 0 Å². The molecule has 0 radical (unpaired) electrons. The van der Waals surface area contributed by atoms with E-state index >= 15 is 0 Å². The second-order valence-electron chi connectivity index (χ2n) is 3.44. The topological polar surface area (TPSA) is 92.4 Å². The molecule has 78 valence electrons. The van der Waals surface area contributed by atoms with Crippen molar-refractivity contribution in [2.75, 3.05) is 17.6 Å². The largest absolute Gasteiger partial charge is 0.481 e. The van der Waals surface area contributed by atoms with Crippen LogP contribution in [0.15, 0.2) is 18.2 Å². The average Bonchev–Trinajstić information content (AvgIpc) is 2.17. The molecule has 1 unspecified atom stereocenters. The molecule has 1 aromatic rings. The lowest BCUT2D eigenvalue weighted by atomic mass is 9.92. The fraction of sp³-hybridized carbons (Fsp3) is 0.200. The maximum absolute atomic E-state index is 11.7. The zero-order valence-electron chi connectivity index (χ0n) is 7.86. The number of carboxylic acid groups (broad SMARTS) is 1. The number of fused-ring (bicyclic) bond motifs is 1. The Morgan fingerprint density at radius 1 is 1.53 bits per heavy atom. The van der Waals surface area contributed by atoms with Crippen LogP contribution in [0.5, 0.6) is 0 Å². The lowest BCUT2D eigenvalue weighted by molar-refractivity contribution is -0.139. The molecule has 1 aliphatic rings. The number of nitrogens with two attached hydrogens (primary N) is 1. The van der Waals surface area contributed by atoms with Crippen molar-refractivity contribution in [2.24, 2.45) is 5.92 Å². The number of nitrogens with one attached hydrogen (secondary N) is 1. The minimum atomic E-state index is -1.10. The standard InChI is InChI=1S/C10H10N2O3/c11-5-1-2-6-8(3-5)12-4-7(9(6)13)10(14)15/h1-3,7,12H,4,11H2,(H,14,15). The SMILES string of the molecule is Nc1ccc2c(c1)NCC(C(=O)O)C2=O. The quantitative estimate of drug-likeness (QED) is 0.461. The van der Waals surface area contributed by atoms with E-state index in [4.69, 9.17) is 10.8 Å². The van der Waals surface area contributed by atoms with Gasteiger partial charge in [0.15, 0.2) is 5.78 Å². The van der Waals surface area contributed by atoms with Crippen LogP contribution in [0.25, 0.3) is 0 Å². The number of benzene rings is 1. The van der Waals surface area contributed by atoms with Crippen molar-refractivity contribution in [3.63, 3.8) is 0 Å². The molecule has 5 nitrogen and oxygen atoms in total. The van der Waals surface area contributed by atoms with Gasteiger partial charge in [-0.1, -0.05) is 0 Å². The first-order valence-electron chi connectivity index (χ1n) is 4.50. The molecule has 0 bridgehead atoms. The number of carbonyl (C=O) groups excluding carboxylic acids is 1. The molecular weight excluding hydrogens is 196 g/mol. The van der Waals surface area contributed by atoms with Crippen LogP contribution in [0.1, 0.15) is 10.4 Å². The predicted molar refractivity (Wildman–Crippen MR) is 54.8 cm³/mol. The first-order chi connectivity index (χ1) is 7.09. The molecule has 0 saturated heterocycles. The summed E-state index contributed by atoms with van der Waals surface area (Å²) in [6.45, 7) is 0.116. The van der Waals surface area contributed by atoms with Crippen molar-refractivity contribution in [3.05, 3.63) is 23.8 Å². The second-order valence-corrected chi connectivity index (χ2v) is 3.44. The van der Waals surface area contributed by atoms with Crippen LogP contribution >= 0.6 is 0 Å². The van der Waals surface area contributed by atoms with Crippen molar-refractivity contribution >= 4 is 23.1 Å². The van der Waals surface area contributed by atoms with Gasteiger partial charge in [0.05, 0.1) is 0 Å². The molecule has 1 aliphatic heterocycles. The van der Waals surface area contributed by atoms with Gasteiger partial charge in [-0.3, -0.25) is 9.59 Å². The normalized spacial score (nSPS) is 19.2. The summed E-state index contributed by atoms with van der Waals surface area (Å²) in [4.78, 5) is 22.5. The van der Waals surface area contributed by atoms with E-state index in [1.54, 1.807) is 18.2 Å². The summed E-state index contributed by atoms with van der Waals surface area (Å²) in [7, 11) is 0. The zero-order chi connectivity index (χ0) is 11.0. The van der Waals surface area contributed by atoms with Crippen LogP contribution < -0.4 is 11.1 Å². The summed E-state index contributed by atoms with van der Waals surface area (Å²) >= 11 is 0. The van der Waals surface area contributed by atoms with Gasteiger partial charge in [-0.25, -0.2) is 0 Å². The third-order valence-electron chi connectivity index (χ3n) is 2.42. The maximum Gasteiger partial charge on any atom is 0.316 e. The number of ketones is 1. The number of rotatable bonds is 1. The van der Waals surface area contributed by atoms with Crippen molar-refractivity contribution in [2.45, 2.75) is 0 Å². The molecule has 0 saturated carbocycles. The Bertz CT molecular complexity index is 442. The van der Waals surface area contributed by atoms with Gasteiger partial charge in [0.25, 0.3) is 0 Å². The van der Waals surface area contributed by atoms with Crippen LogP contribution in [0, 0.1) is 5.92 Å². The van der Waals surface area contributed by atoms with Gasteiger partial charge < -0.3 is 16.2 Å². The van der Waals surface area contributed by atoms with Crippen LogP contribution in [-0.4, -0.2) is 23.4 Å². The van der Waals surface area contributed by atoms with Crippen molar-refractivity contribution in [3.8, 4) is 0 Å². The molecule has 1 atom stereocenters. The fourth-order valence-electron chi connectivity index (χ4n) is 1.61. The fourth-order valence-corrected chi connectivity index (χ4v) is 1.61. The smallest absolute Gasteiger partial charge is 0.316 e. The number of carbonyl (C=O) groups is 2. The van der Waals surface area contributed by atoms with Gasteiger partial charge in [-0.2, -0.15) is 0 Å². The molecule has 1 heterocycles. The van der Waals surface area contributed by atoms with Gasteiger partial charge in [0, 0.05) is 23.5 Å². The van der Waals surface area contributed by atoms with E-state index in [0.29, 0.717) is 16.9 Å². The molecule has 0 fully saturated rings. The summed E-state index contributed by atoms with van der Waals surface area (Å²) in [5, 5.41) is 11.7. The Morgan fingerprint density at radius 3 is 2.93 bits per heavy atom. The third-order valence-corrected chi connectivity index (χ3v) is 2.42. The first kappa shape index (κ1) is 9.51. The van der Waals surface area contributed by atoms with Gasteiger partial charge in [-0.05, 0) is 18.2 Å². The van der Waals surface area contributed by atoms with Gasteiger partial charge in [0.2, 0.25) is 0 Å². The summed E-state index contributed by atoms with van der Waals surface area (Å²) in [6.07, 6.45) is 0. The highest BCUT2D eigenvalue weighted by molar-refractivity contribution is 6.13. The highest BCUT2D eigenvalue weighted by Gasteiger charge is 2.32. The Morgan fingerprint density at radius 2 is 2.27 bits per heavy atom. The minimum Gasteiger partial charge on any atom is -0.481 e. The molecule has 15 heavy (non-hydrogen) atoms. The number of hydrogen-bond donors (Lipinski definition) is 3. The average molecular weight is 206 g/mol. The zero-order valence-corrected chi connectivity index (χ0v) is 7.86. The summed E-state index contributed by atoms with van der Waals surface area (Å²) in [6, 6.07) is 4.77. The molecular formula is C10H10N2O3. The molecule has 5 heteroatoms. The number of Topliss-reactive ketones (excluding diaryl/α,β-unsaturated/α-hetero) is 1. The Labute approximate surface area is 85.9 Å². The molecule has 0 aliphatic carbocycles. The molecule has 1 aromatic carbocycles. The van der Waals surface area contributed by atoms with E-state index < -0.39 is 11.9 Å². The maximum atomic E-state index is 11.7. The highest BCUT2D eigenvalue weighted by Crippen LogP contribution is 2.26. The van der Waals surface area contributed by atoms with Crippen LogP contribution in [-0.2, 0) is 4.79 Å². The van der Waals surface area contributed by atoms with E-state index in [0.717, 1.165) is 0 Å². The summed E-state index contributed by atoms with van der Waals surface area (Å²) in [5.74, 6) is -2.47. The van der Waals surface area contributed by atoms with Crippen LogP contribution in [0.2, 0.25) is 0 Å². The van der Waals surface area contributed by atoms with E-state index in [-0.39, 0.29) is 12.3 Å². The van der Waals surface area contributed by atoms with Crippen molar-refractivity contribution in [1.29, 1.82) is 0 Å². The van der Waals surface area contributed by atoms with Crippen LogP contribution in [0.4, 0.5) is 11.4 Å². The number of aliphatic carboxylic acids is 1. The first-order valence-corrected chi connectivity index (χ1v) is 4.50. The lowest BCUT2D eigenvalue weighted by Crippen LogP contribution is -2.35. The Balaban J connectivity index is 2.43. The van der Waals surface area contributed by atoms with E-state index in [1.165, 1.54) is 0 Å². The second kappa shape index (κ2) is 3.27. The van der Waals surface area contributed by atoms with Gasteiger partial charge in [-0.15, -0.1) is 0 Å². The van der Waals surface area contributed by atoms with E-state index in [2.05, 4.69) is 5.32 Å². The number of anilines is 2. The minimum absolute atomic E-state index is 0.116. The molecule has 4 N–H and O–H groups in total. The van der Waals surface area contributed by atoms with Gasteiger partial charge in [0.1, 0.15) is 5.92 Å². The molecule has 0 spiro atoms. The van der Waals surface area contributed by atoms with Crippen LogP contribution in [0.3, 0.4) is 0 Å². The van der Waals surface area contributed by atoms with Gasteiger partial charge >= 0.3 is 5.97 Å². The number of nitrogen functional groups attached to an aromatic ring is 1. The highest BCUT2D eigenvalue weighted by atomic mass is 16.4.